The summed E-state index contributed by atoms with van der Waals surface area (Å²) in [6.45, 7) is 0. The molecule has 0 bridgehead atoms. The van der Waals surface area contributed by atoms with E-state index in [0.29, 0.717) is 5.82 Å². The van der Waals surface area contributed by atoms with Crippen molar-refractivity contribution in [2.45, 2.75) is 5.41 Å². The van der Waals surface area contributed by atoms with Crippen LogP contribution in [0.25, 0.3) is 83.6 Å². The zero-order valence-electron chi connectivity index (χ0n) is 30.4. The summed E-state index contributed by atoms with van der Waals surface area (Å²) < 4.78 is 2.49. The summed E-state index contributed by atoms with van der Waals surface area (Å²) in [6, 6.07) is 72.4. The molecule has 2 aliphatic rings. The first-order chi connectivity index (χ1) is 27.8. The number of aromatic nitrogens is 3. The molecule has 3 nitrogen and oxygen atoms in total. The normalized spacial score (nSPS) is 14.9. The predicted molar refractivity (Wildman–Crippen MR) is 229 cm³/mol. The van der Waals surface area contributed by atoms with Crippen LogP contribution in [0.4, 0.5) is 0 Å². The minimum atomic E-state index is -0.546. The van der Waals surface area contributed by atoms with Gasteiger partial charge in [0.25, 0.3) is 0 Å². The van der Waals surface area contributed by atoms with E-state index in [0.717, 1.165) is 28.1 Å². The van der Waals surface area contributed by atoms with Gasteiger partial charge in [-0.1, -0.05) is 182 Å². The molecule has 1 unspecified atom stereocenters. The van der Waals surface area contributed by atoms with Gasteiger partial charge in [0.05, 0.1) is 33.5 Å². The van der Waals surface area contributed by atoms with Crippen molar-refractivity contribution in [1.82, 2.24) is 14.5 Å². The molecule has 8 aromatic carbocycles. The molecular formula is C53H33N3. The molecule has 1 aliphatic heterocycles. The topological polar surface area (TPSA) is 30.7 Å². The minimum absolute atomic E-state index is 0.546. The molecule has 0 saturated heterocycles. The van der Waals surface area contributed by atoms with Gasteiger partial charge in [-0.15, -0.1) is 0 Å². The largest absolute Gasteiger partial charge is 0.309 e. The van der Waals surface area contributed by atoms with Crippen molar-refractivity contribution in [3.8, 4) is 61.8 Å². The van der Waals surface area contributed by atoms with Gasteiger partial charge in [0.1, 0.15) is 0 Å². The molecule has 1 aliphatic carbocycles. The van der Waals surface area contributed by atoms with Crippen LogP contribution in [0.5, 0.6) is 0 Å². The van der Waals surface area contributed by atoms with E-state index in [4.69, 9.17) is 9.97 Å². The van der Waals surface area contributed by atoms with Gasteiger partial charge in [0.15, 0.2) is 5.82 Å². The van der Waals surface area contributed by atoms with E-state index < -0.39 is 5.41 Å². The van der Waals surface area contributed by atoms with E-state index in [-0.39, 0.29) is 0 Å². The van der Waals surface area contributed by atoms with E-state index >= 15 is 0 Å². The van der Waals surface area contributed by atoms with Crippen LogP contribution >= 0.6 is 0 Å². The average molecular weight is 712 g/mol. The summed E-state index contributed by atoms with van der Waals surface area (Å²) in [6.07, 6.45) is 0. The molecule has 3 heterocycles. The van der Waals surface area contributed by atoms with Crippen molar-refractivity contribution in [2.24, 2.45) is 0 Å². The summed E-state index contributed by atoms with van der Waals surface area (Å²) in [5.74, 6) is 0.716. The van der Waals surface area contributed by atoms with E-state index in [1.807, 2.05) is 0 Å². The van der Waals surface area contributed by atoms with Crippen LogP contribution in [0, 0.1) is 0 Å². The zero-order valence-corrected chi connectivity index (χ0v) is 30.4. The van der Waals surface area contributed by atoms with E-state index in [1.54, 1.807) is 0 Å². The second-order valence-electron chi connectivity index (χ2n) is 14.9. The molecule has 0 N–H and O–H groups in total. The monoisotopic (exact) mass is 711 g/mol. The third kappa shape index (κ3) is 4.22. The zero-order chi connectivity index (χ0) is 36.8. The van der Waals surface area contributed by atoms with Crippen molar-refractivity contribution in [3.63, 3.8) is 0 Å². The molecular weight excluding hydrogens is 679 g/mol. The van der Waals surface area contributed by atoms with Crippen LogP contribution < -0.4 is 0 Å². The van der Waals surface area contributed by atoms with E-state index in [2.05, 4.69) is 205 Å². The molecule has 12 rings (SSSR count). The van der Waals surface area contributed by atoms with Gasteiger partial charge in [-0.05, 0) is 62.7 Å². The maximum Gasteiger partial charge on any atom is 0.161 e. The smallest absolute Gasteiger partial charge is 0.161 e. The Kier molecular flexibility index (Phi) is 6.55. The van der Waals surface area contributed by atoms with Gasteiger partial charge in [-0.25, -0.2) is 9.97 Å². The van der Waals surface area contributed by atoms with Crippen molar-refractivity contribution in [2.75, 3.05) is 0 Å². The number of hydrogen-bond donors (Lipinski definition) is 0. The Hall–Kier alpha value is -7.36. The summed E-state index contributed by atoms with van der Waals surface area (Å²) in [5.41, 5.74) is 18.0. The van der Waals surface area contributed by atoms with E-state index in [1.165, 1.54) is 72.0 Å². The molecule has 3 heteroatoms. The Morgan fingerprint density at radius 3 is 1.71 bits per heavy atom. The quantitative estimate of drug-likeness (QED) is 0.182. The summed E-state index contributed by atoms with van der Waals surface area (Å²) in [4.78, 5) is 10.8. The SMILES string of the molecule is c1ccc(-c2ccc(-c3cc(-c4ccccc4)nc(-c4cccc5c4-c4ccccc4C54c5ccccc5-n5c6ccccc6c6cccc4c65)n3)cc2)cc1. The number of hydrogen-bond acceptors (Lipinski definition) is 2. The third-order valence-corrected chi connectivity index (χ3v) is 12.0. The van der Waals surface area contributed by atoms with Gasteiger partial charge in [0.2, 0.25) is 0 Å². The molecule has 0 amide bonds. The summed E-state index contributed by atoms with van der Waals surface area (Å²) in [5, 5.41) is 2.54. The maximum absolute atomic E-state index is 5.42. The van der Waals surface area contributed by atoms with Crippen molar-refractivity contribution < 1.29 is 0 Å². The van der Waals surface area contributed by atoms with Crippen molar-refractivity contribution in [3.05, 3.63) is 222 Å². The second-order valence-corrected chi connectivity index (χ2v) is 14.9. The molecule has 1 spiro atoms. The Morgan fingerprint density at radius 2 is 0.911 bits per heavy atom. The minimum Gasteiger partial charge on any atom is -0.309 e. The van der Waals surface area contributed by atoms with Crippen LogP contribution in [0.2, 0.25) is 0 Å². The lowest BCUT2D eigenvalue weighted by atomic mass is 9.65. The van der Waals surface area contributed by atoms with Crippen LogP contribution in [-0.4, -0.2) is 14.5 Å². The van der Waals surface area contributed by atoms with E-state index in [9.17, 15) is 0 Å². The third-order valence-electron chi connectivity index (χ3n) is 12.0. The van der Waals surface area contributed by atoms with Gasteiger partial charge in [-0.2, -0.15) is 0 Å². The van der Waals surface area contributed by atoms with Gasteiger partial charge in [-0.3, -0.25) is 0 Å². The first-order valence-corrected chi connectivity index (χ1v) is 19.3. The number of rotatable bonds is 4. The van der Waals surface area contributed by atoms with Crippen LogP contribution in [-0.2, 0) is 5.41 Å². The molecule has 0 saturated carbocycles. The Balaban J connectivity index is 1.14. The van der Waals surface area contributed by atoms with Crippen LogP contribution in [0.3, 0.4) is 0 Å². The number of nitrogens with zero attached hydrogens (tertiary/aromatic N) is 3. The highest BCUT2D eigenvalue weighted by Gasteiger charge is 2.51. The highest BCUT2D eigenvalue weighted by Crippen LogP contribution is 2.62. The number of benzene rings is 8. The highest BCUT2D eigenvalue weighted by atomic mass is 15.0. The van der Waals surface area contributed by atoms with Crippen LogP contribution in [0.15, 0.2) is 200 Å². The summed E-state index contributed by atoms with van der Waals surface area (Å²) >= 11 is 0. The maximum atomic E-state index is 5.42. The predicted octanol–water partition coefficient (Wildman–Crippen LogP) is 12.9. The highest BCUT2D eigenvalue weighted by molar-refractivity contribution is 6.13. The molecule has 2 aromatic heterocycles. The Labute approximate surface area is 324 Å². The molecule has 10 aromatic rings. The lowest BCUT2D eigenvalue weighted by Crippen LogP contribution is -2.33. The summed E-state index contributed by atoms with van der Waals surface area (Å²) in [7, 11) is 0. The fraction of sp³-hybridized carbons (Fsp3) is 0.0189. The lowest BCUT2D eigenvalue weighted by Gasteiger charge is -2.39. The number of fused-ring (bicyclic) bond motifs is 12. The standard InChI is InChI=1S/C53H33N3/c1-3-15-34(16-4-1)35-29-31-37(32-30-35)47-33-46(36-17-5-2-6-18-36)54-52(55-47)41-22-14-25-44-50(41)40-20-7-9-23-42(40)53(44)43-24-10-12-28-49(43)56-48-27-11-8-19-38(48)39-21-13-26-45(53)51(39)56/h1-33H. The van der Waals surface area contributed by atoms with Crippen molar-refractivity contribution >= 4 is 21.8 Å². The van der Waals surface area contributed by atoms with Crippen molar-refractivity contribution in [1.29, 1.82) is 0 Å². The van der Waals surface area contributed by atoms with Gasteiger partial charge in [0, 0.05) is 27.5 Å². The fourth-order valence-corrected chi connectivity index (χ4v) is 9.73. The lowest BCUT2D eigenvalue weighted by molar-refractivity contribution is 0.748. The first-order valence-electron chi connectivity index (χ1n) is 19.3. The average Bonchev–Trinajstić information content (AvgIpc) is 3.78. The molecule has 56 heavy (non-hydrogen) atoms. The molecule has 1 atom stereocenters. The first kappa shape index (κ1) is 31.0. The molecule has 0 radical (unpaired) electrons. The fourth-order valence-electron chi connectivity index (χ4n) is 9.73. The molecule has 260 valence electrons. The number of para-hydroxylation sites is 3. The second kappa shape index (κ2) is 11.8. The van der Waals surface area contributed by atoms with Crippen LogP contribution in [0.1, 0.15) is 22.3 Å². The van der Waals surface area contributed by atoms with Gasteiger partial charge >= 0.3 is 0 Å². The molecule has 0 fully saturated rings. The van der Waals surface area contributed by atoms with Gasteiger partial charge < -0.3 is 4.57 Å². The Bertz CT molecular complexity index is 3180. The Morgan fingerprint density at radius 1 is 0.375 bits per heavy atom.